The van der Waals surface area contributed by atoms with Crippen LogP contribution in [0.3, 0.4) is 0 Å². The number of alkyl carbamates (subject to hydrolysis) is 1. The molecule has 0 saturated heterocycles. The molecule has 0 heterocycles. The minimum Gasteiger partial charge on any atom is -0.444 e. The first-order chi connectivity index (χ1) is 14.0. The lowest BCUT2D eigenvalue weighted by Gasteiger charge is -2.41. The topological polar surface area (TPSA) is 90.9 Å². The summed E-state index contributed by atoms with van der Waals surface area (Å²) in [6.45, 7) is 10.9. The Morgan fingerprint density at radius 2 is 1.73 bits per heavy atom. The van der Waals surface area contributed by atoms with Crippen molar-refractivity contribution in [3.05, 3.63) is 35.4 Å². The molecule has 0 radical (unpaired) electrons. The number of carbonyl (C=O) groups excluding carboxylic acids is 2. The van der Waals surface area contributed by atoms with Crippen LogP contribution >= 0.6 is 7.60 Å². The third-order valence-corrected chi connectivity index (χ3v) is 7.99. The smallest absolute Gasteiger partial charge is 0.408 e. The summed E-state index contributed by atoms with van der Waals surface area (Å²) in [7, 11) is -3.91. The molecule has 0 spiro atoms. The van der Waals surface area contributed by atoms with Crippen LogP contribution < -0.4 is 5.32 Å². The molecule has 2 rings (SSSR count). The Hall–Kier alpha value is -1.69. The van der Waals surface area contributed by atoms with Crippen LogP contribution in [-0.2, 0) is 23.1 Å². The number of aryl methyl sites for hydroxylation is 1. The average molecular weight is 439 g/mol. The number of carbonyl (C=O) groups is 2. The van der Waals surface area contributed by atoms with Crippen molar-refractivity contribution in [3.8, 4) is 0 Å². The van der Waals surface area contributed by atoms with Crippen LogP contribution in [0.25, 0.3) is 0 Å². The van der Waals surface area contributed by atoms with Gasteiger partial charge in [0.05, 0.1) is 19.3 Å². The maximum atomic E-state index is 14.0. The Morgan fingerprint density at radius 3 is 2.17 bits per heavy atom. The van der Waals surface area contributed by atoms with Crippen LogP contribution in [0.1, 0.15) is 71.0 Å². The van der Waals surface area contributed by atoms with E-state index in [1.807, 2.05) is 31.2 Å². The number of Topliss-reactive ketones (excluding diaryl/α,β-unsaturated/α-hetero) is 1. The molecule has 1 aliphatic carbocycles. The van der Waals surface area contributed by atoms with Gasteiger partial charge in [0.25, 0.3) is 0 Å². The van der Waals surface area contributed by atoms with Gasteiger partial charge in [-0.25, -0.2) is 4.79 Å². The van der Waals surface area contributed by atoms with Gasteiger partial charge in [0.2, 0.25) is 0 Å². The first-order valence-corrected chi connectivity index (χ1v) is 12.0. The minimum atomic E-state index is -3.91. The lowest BCUT2D eigenvalue weighted by atomic mass is 9.89. The molecule has 30 heavy (non-hydrogen) atoms. The second-order valence-electron chi connectivity index (χ2n) is 8.52. The molecule has 7 nitrogen and oxygen atoms in total. The van der Waals surface area contributed by atoms with Gasteiger partial charge in [0, 0.05) is 6.42 Å². The Bertz CT molecular complexity index is 791. The second-order valence-corrected chi connectivity index (χ2v) is 10.8. The molecule has 2 atom stereocenters. The van der Waals surface area contributed by atoms with Gasteiger partial charge >= 0.3 is 13.7 Å². The molecule has 0 unspecified atom stereocenters. The molecule has 0 bridgehead atoms. The van der Waals surface area contributed by atoms with E-state index in [1.54, 1.807) is 34.6 Å². The Labute approximate surface area is 179 Å². The number of hydrogen-bond acceptors (Lipinski definition) is 6. The van der Waals surface area contributed by atoms with Gasteiger partial charge in [0.1, 0.15) is 5.60 Å². The van der Waals surface area contributed by atoms with Crippen LogP contribution in [0.15, 0.2) is 24.3 Å². The number of hydrogen-bond donors (Lipinski definition) is 1. The summed E-state index contributed by atoms with van der Waals surface area (Å²) in [5.41, 5.74) is 0.957. The quantitative estimate of drug-likeness (QED) is 0.552. The van der Waals surface area contributed by atoms with Gasteiger partial charge in [-0.15, -0.1) is 0 Å². The van der Waals surface area contributed by atoms with Gasteiger partial charge < -0.3 is 19.1 Å². The number of amides is 1. The van der Waals surface area contributed by atoms with Crippen molar-refractivity contribution in [3.63, 3.8) is 0 Å². The normalized spacial score (nSPS) is 20.8. The van der Waals surface area contributed by atoms with E-state index in [4.69, 9.17) is 13.8 Å². The lowest BCUT2D eigenvalue weighted by Crippen LogP contribution is -2.50. The van der Waals surface area contributed by atoms with E-state index >= 15 is 0 Å². The number of ether oxygens (including phenoxy) is 1. The zero-order chi connectivity index (χ0) is 22.6. The van der Waals surface area contributed by atoms with E-state index in [2.05, 4.69) is 5.32 Å². The summed E-state index contributed by atoms with van der Waals surface area (Å²) >= 11 is 0. The van der Waals surface area contributed by atoms with E-state index < -0.39 is 30.5 Å². The summed E-state index contributed by atoms with van der Waals surface area (Å²) in [6, 6.07) is 6.52. The zero-order valence-corrected chi connectivity index (χ0v) is 19.7. The maximum absolute atomic E-state index is 14.0. The molecule has 1 aromatic carbocycles. The van der Waals surface area contributed by atoms with Gasteiger partial charge in [-0.2, -0.15) is 0 Å². The molecule has 1 aliphatic rings. The van der Waals surface area contributed by atoms with Crippen LogP contribution in [0.2, 0.25) is 0 Å². The van der Waals surface area contributed by atoms with Crippen molar-refractivity contribution >= 4 is 19.5 Å². The predicted octanol–water partition coefficient (Wildman–Crippen LogP) is 5.32. The molecular formula is C22H34NO6P. The third-order valence-electron chi connectivity index (χ3n) is 5.08. The first-order valence-electron chi connectivity index (χ1n) is 10.5. The van der Waals surface area contributed by atoms with Crippen LogP contribution in [0.4, 0.5) is 4.79 Å². The summed E-state index contributed by atoms with van der Waals surface area (Å²) < 4.78 is 30.8. The minimum absolute atomic E-state index is 0.124. The Morgan fingerprint density at radius 1 is 1.17 bits per heavy atom. The fraction of sp³-hybridized carbons (Fsp3) is 0.636. The Kier molecular flexibility index (Phi) is 7.89. The standard InChI is InChI=1S/C22H34NO6P/c1-7-27-30(26,28-8-2)22(15-9-10-18(22)24)19(17-13-11-16(3)12-14-17)23-20(25)29-21(4,5)6/h11-14,19H,7-10,15H2,1-6H3,(H,23,25)/t19-,22-/m1/s1. The summed E-state index contributed by atoms with van der Waals surface area (Å²) in [6.07, 6.45) is 0.396. The van der Waals surface area contributed by atoms with E-state index in [0.29, 0.717) is 12.0 Å². The van der Waals surface area contributed by atoms with E-state index in [-0.39, 0.29) is 31.8 Å². The van der Waals surface area contributed by atoms with Crippen LogP contribution in [0.5, 0.6) is 0 Å². The molecule has 8 heteroatoms. The highest BCUT2D eigenvalue weighted by molar-refractivity contribution is 7.57. The third kappa shape index (κ3) is 5.13. The second kappa shape index (κ2) is 9.63. The van der Waals surface area contributed by atoms with Crippen molar-refractivity contribution in [1.82, 2.24) is 5.32 Å². The van der Waals surface area contributed by atoms with Crippen molar-refractivity contribution < 1.29 is 27.9 Å². The molecule has 0 aliphatic heterocycles. The highest BCUT2D eigenvalue weighted by Gasteiger charge is 2.63. The van der Waals surface area contributed by atoms with Crippen molar-refractivity contribution in [1.29, 1.82) is 0 Å². The van der Waals surface area contributed by atoms with E-state index in [0.717, 1.165) is 5.56 Å². The molecule has 1 saturated carbocycles. The SMILES string of the molecule is CCOP(=O)(OCC)[C@]1([C@H](NC(=O)OC(C)(C)C)c2ccc(C)cc2)CCCC1=O. The molecule has 0 aromatic heterocycles. The summed E-state index contributed by atoms with van der Waals surface area (Å²) in [4.78, 5) is 26.1. The molecular weight excluding hydrogens is 405 g/mol. The van der Waals surface area contributed by atoms with Crippen molar-refractivity contribution in [2.24, 2.45) is 0 Å². The highest BCUT2D eigenvalue weighted by atomic mass is 31.2. The molecule has 1 aromatic rings. The molecule has 1 amide bonds. The Balaban J connectivity index is 2.64. The van der Waals surface area contributed by atoms with E-state index in [1.165, 1.54) is 0 Å². The number of benzene rings is 1. The number of rotatable bonds is 8. The zero-order valence-electron chi connectivity index (χ0n) is 18.8. The monoisotopic (exact) mass is 439 g/mol. The summed E-state index contributed by atoms with van der Waals surface area (Å²) in [5.74, 6) is -0.227. The first kappa shape index (κ1) is 24.6. The van der Waals surface area contributed by atoms with Gasteiger partial charge in [-0.1, -0.05) is 29.8 Å². The van der Waals surface area contributed by atoms with Crippen LogP contribution in [0, 0.1) is 6.92 Å². The molecule has 168 valence electrons. The highest BCUT2D eigenvalue weighted by Crippen LogP contribution is 2.68. The molecule has 1 N–H and O–H groups in total. The average Bonchev–Trinajstić information content (AvgIpc) is 3.02. The fourth-order valence-electron chi connectivity index (χ4n) is 3.90. The van der Waals surface area contributed by atoms with E-state index in [9.17, 15) is 14.2 Å². The van der Waals surface area contributed by atoms with Crippen molar-refractivity contribution in [2.45, 2.75) is 77.6 Å². The largest absolute Gasteiger partial charge is 0.444 e. The fourth-order valence-corrected chi connectivity index (χ4v) is 6.49. The van der Waals surface area contributed by atoms with Gasteiger partial charge in [0.15, 0.2) is 10.9 Å². The maximum Gasteiger partial charge on any atom is 0.408 e. The van der Waals surface area contributed by atoms with Crippen LogP contribution in [-0.4, -0.2) is 35.8 Å². The summed E-state index contributed by atoms with van der Waals surface area (Å²) in [5, 5.41) is 1.32. The number of nitrogens with one attached hydrogen (secondary N) is 1. The van der Waals surface area contributed by atoms with Gasteiger partial charge in [-0.05, 0) is 59.9 Å². The lowest BCUT2D eigenvalue weighted by molar-refractivity contribution is -0.120. The molecule has 1 fully saturated rings. The van der Waals surface area contributed by atoms with Gasteiger partial charge in [-0.3, -0.25) is 9.36 Å². The van der Waals surface area contributed by atoms with Crippen molar-refractivity contribution in [2.75, 3.05) is 13.2 Å². The number of ketones is 1. The predicted molar refractivity (Wildman–Crippen MR) is 116 cm³/mol.